The fourth-order valence-electron chi connectivity index (χ4n) is 5.18. The predicted octanol–water partition coefficient (Wildman–Crippen LogP) is 6.59. The van der Waals surface area contributed by atoms with Crippen molar-refractivity contribution in [3.63, 3.8) is 0 Å². The van der Waals surface area contributed by atoms with E-state index in [4.69, 9.17) is 4.74 Å². The van der Waals surface area contributed by atoms with Crippen LogP contribution in [0.1, 0.15) is 62.9 Å². The first kappa shape index (κ1) is 29.2. The molecule has 40 heavy (non-hydrogen) atoms. The number of esters is 1. The van der Waals surface area contributed by atoms with Crippen LogP contribution >= 0.6 is 0 Å². The van der Waals surface area contributed by atoms with Gasteiger partial charge in [0.15, 0.2) is 0 Å². The van der Waals surface area contributed by atoms with E-state index in [-0.39, 0.29) is 22.8 Å². The second kappa shape index (κ2) is 11.0. The normalized spacial score (nSPS) is 17.8. The molecule has 0 bridgehead atoms. The lowest BCUT2D eigenvalue weighted by molar-refractivity contribution is -0.274. The number of fused-ring (bicyclic) bond motifs is 1. The maximum Gasteiger partial charge on any atom is 0.573 e. The number of hydrogen-bond donors (Lipinski definition) is 1. The average Bonchev–Trinajstić information content (AvgIpc) is 3.22. The first-order valence-electron chi connectivity index (χ1n) is 12.9. The number of likely N-dealkylation sites (N-methyl/N-ethyl adjacent to an activating group) is 1. The highest BCUT2D eigenvalue weighted by atomic mass is 19.4. The van der Waals surface area contributed by atoms with E-state index in [1.165, 1.54) is 57.5 Å². The molecule has 216 valence electrons. The van der Waals surface area contributed by atoms with E-state index in [0.29, 0.717) is 22.7 Å². The van der Waals surface area contributed by atoms with Crippen LogP contribution in [0.2, 0.25) is 0 Å². The Balaban J connectivity index is 1.75. The van der Waals surface area contributed by atoms with E-state index in [9.17, 15) is 22.8 Å². The van der Waals surface area contributed by atoms with E-state index < -0.39 is 30.1 Å². The van der Waals surface area contributed by atoms with E-state index in [1.54, 1.807) is 0 Å². The minimum Gasteiger partial charge on any atom is -0.467 e. The van der Waals surface area contributed by atoms with E-state index in [2.05, 4.69) is 28.9 Å². The summed E-state index contributed by atoms with van der Waals surface area (Å²) < 4.78 is 63.7. The second-order valence-electron chi connectivity index (χ2n) is 10.9. The fourth-order valence-corrected chi connectivity index (χ4v) is 5.18. The van der Waals surface area contributed by atoms with Crippen LogP contribution in [-0.4, -0.2) is 52.9 Å². The number of methoxy groups -OCH3 is 1. The number of rotatable bonds is 7. The largest absolute Gasteiger partial charge is 0.573 e. The number of benzene rings is 2. The molecule has 1 aliphatic carbocycles. The number of alkyl halides is 3. The molecule has 1 aromatic heterocycles. The minimum atomic E-state index is -4.81. The van der Waals surface area contributed by atoms with Gasteiger partial charge in [-0.05, 0) is 61.9 Å². The van der Waals surface area contributed by atoms with Crippen LogP contribution in [0.25, 0.3) is 11.0 Å². The number of amides is 1. The van der Waals surface area contributed by atoms with Gasteiger partial charge in [0, 0.05) is 24.8 Å². The van der Waals surface area contributed by atoms with Crippen LogP contribution in [0.3, 0.4) is 0 Å². The average molecular weight is 565 g/mol. The summed E-state index contributed by atoms with van der Waals surface area (Å²) in [4.78, 5) is 30.8. The third kappa shape index (κ3) is 6.31. The van der Waals surface area contributed by atoms with Crippen molar-refractivity contribution in [1.29, 1.82) is 0 Å². The molecule has 0 radical (unpaired) electrons. The zero-order valence-electron chi connectivity index (χ0n) is 22.9. The summed E-state index contributed by atoms with van der Waals surface area (Å²) in [6.45, 7) is 5.81. The quantitative estimate of drug-likeness (QED) is 0.257. The van der Waals surface area contributed by atoms with Gasteiger partial charge in [-0.2, -0.15) is 0 Å². The summed E-state index contributed by atoms with van der Waals surface area (Å²) in [5.74, 6) is -2.11. The highest BCUT2D eigenvalue weighted by Gasteiger charge is 2.33. The molecule has 12 heteroatoms. The monoisotopic (exact) mass is 564 g/mol. The number of halogens is 4. The lowest BCUT2D eigenvalue weighted by Gasteiger charge is -2.36. The number of anilines is 2. The van der Waals surface area contributed by atoms with Gasteiger partial charge in [-0.3, -0.25) is 4.79 Å². The Morgan fingerprint density at radius 2 is 1.88 bits per heavy atom. The SMILES string of the molecule is COC(=O)[C@H](C)N(C)C(=O)c1cc2nc(Nc3ccc(OC(F)(F)F)cc3)n([C@H]3CCCC(C)(C)C3)c2cc1F. The van der Waals surface area contributed by atoms with Gasteiger partial charge in [0.2, 0.25) is 5.95 Å². The lowest BCUT2D eigenvalue weighted by atomic mass is 9.75. The zero-order valence-corrected chi connectivity index (χ0v) is 22.9. The summed E-state index contributed by atoms with van der Waals surface area (Å²) in [6.07, 6.45) is -1.19. The number of hydrogen-bond acceptors (Lipinski definition) is 6. The Kier molecular flexibility index (Phi) is 8.00. The molecule has 1 fully saturated rings. The van der Waals surface area contributed by atoms with Crippen molar-refractivity contribution in [1.82, 2.24) is 14.5 Å². The third-order valence-electron chi connectivity index (χ3n) is 7.34. The smallest absolute Gasteiger partial charge is 0.467 e. The standard InChI is InChI=1S/C28H32F4N4O4/c1-16(25(38)39-5)35(4)24(37)20-13-22-23(14-21(20)29)36(18-7-6-12-27(2,3)15-18)26(34-22)33-17-8-10-19(11-9-17)40-28(30,31)32/h8-11,13-14,16,18H,6-7,12,15H2,1-5H3,(H,33,34)/t16-,18-/m0/s1. The first-order chi connectivity index (χ1) is 18.7. The van der Waals surface area contributed by atoms with Crippen LogP contribution in [0.15, 0.2) is 36.4 Å². The summed E-state index contributed by atoms with van der Waals surface area (Å²) >= 11 is 0. The van der Waals surface area contributed by atoms with Gasteiger partial charge in [-0.15, -0.1) is 13.2 Å². The van der Waals surface area contributed by atoms with Crippen molar-refractivity contribution in [3.8, 4) is 5.75 Å². The van der Waals surface area contributed by atoms with Crippen LogP contribution in [0.4, 0.5) is 29.2 Å². The Morgan fingerprint density at radius 1 is 1.20 bits per heavy atom. The molecule has 2 atom stereocenters. The van der Waals surface area contributed by atoms with E-state index in [1.807, 2.05) is 4.57 Å². The minimum absolute atomic E-state index is 0.0351. The first-order valence-corrected chi connectivity index (χ1v) is 12.9. The van der Waals surface area contributed by atoms with Gasteiger partial charge in [-0.25, -0.2) is 14.2 Å². The highest BCUT2D eigenvalue weighted by Crippen LogP contribution is 2.44. The molecule has 2 aromatic carbocycles. The topological polar surface area (TPSA) is 85.7 Å². The maximum absolute atomic E-state index is 15.5. The van der Waals surface area contributed by atoms with Crippen molar-refractivity contribution >= 4 is 34.5 Å². The van der Waals surface area contributed by atoms with Crippen LogP contribution in [0.5, 0.6) is 5.75 Å². The van der Waals surface area contributed by atoms with Crippen molar-refractivity contribution in [2.24, 2.45) is 5.41 Å². The summed E-state index contributed by atoms with van der Waals surface area (Å²) in [5, 5.41) is 3.14. The number of imidazole rings is 1. The van der Waals surface area contributed by atoms with Crippen LogP contribution in [0, 0.1) is 11.2 Å². The predicted molar refractivity (Wildman–Crippen MR) is 141 cm³/mol. The third-order valence-corrected chi connectivity index (χ3v) is 7.34. The molecule has 1 heterocycles. The van der Waals surface area contributed by atoms with E-state index >= 15 is 4.39 Å². The molecular weight excluding hydrogens is 532 g/mol. The van der Waals surface area contributed by atoms with Crippen LogP contribution < -0.4 is 10.1 Å². The number of carbonyl (C=O) groups is 2. The molecule has 1 aliphatic rings. The van der Waals surface area contributed by atoms with Gasteiger partial charge < -0.3 is 24.3 Å². The van der Waals surface area contributed by atoms with E-state index in [0.717, 1.165) is 30.6 Å². The molecule has 1 N–H and O–H groups in total. The van der Waals surface area contributed by atoms with Gasteiger partial charge in [-0.1, -0.05) is 20.3 Å². The molecule has 4 rings (SSSR count). The lowest BCUT2D eigenvalue weighted by Crippen LogP contribution is -2.41. The van der Waals surface area contributed by atoms with Crippen molar-refractivity contribution in [3.05, 3.63) is 47.8 Å². The van der Waals surface area contributed by atoms with Gasteiger partial charge >= 0.3 is 12.3 Å². The molecule has 3 aromatic rings. The number of aromatic nitrogens is 2. The van der Waals surface area contributed by atoms with Gasteiger partial charge in [0.25, 0.3) is 5.91 Å². The van der Waals surface area contributed by atoms with Gasteiger partial charge in [0.1, 0.15) is 17.6 Å². The highest BCUT2D eigenvalue weighted by molar-refractivity contribution is 5.99. The van der Waals surface area contributed by atoms with Gasteiger partial charge in [0.05, 0.1) is 23.7 Å². The number of ether oxygens (including phenoxy) is 2. The number of nitrogens with one attached hydrogen (secondary N) is 1. The van der Waals surface area contributed by atoms with Crippen molar-refractivity contribution in [2.45, 2.75) is 64.9 Å². The summed E-state index contributed by atoms with van der Waals surface area (Å²) in [5.41, 5.74) is 1.06. The zero-order chi connectivity index (χ0) is 29.4. The molecular formula is C28H32F4N4O4. The number of carbonyl (C=O) groups excluding carboxylic acids is 2. The summed E-state index contributed by atoms with van der Waals surface area (Å²) in [7, 11) is 2.59. The Hall–Kier alpha value is -3.83. The molecule has 0 spiro atoms. The Morgan fingerprint density at radius 3 is 2.48 bits per heavy atom. The second-order valence-corrected chi connectivity index (χ2v) is 10.9. The van der Waals surface area contributed by atoms with Crippen molar-refractivity contribution in [2.75, 3.05) is 19.5 Å². The molecule has 8 nitrogen and oxygen atoms in total. The Bertz CT molecular complexity index is 1400. The number of nitrogens with zero attached hydrogens (tertiary/aromatic N) is 3. The maximum atomic E-state index is 15.5. The summed E-state index contributed by atoms with van der Waals surface area (Å²) in [6, 6.07) is 6.86. The van der Waals surface area contributed by atoms with Crippen molar-refractivity contribution < 1.29 is 36.6 Å². The fraction of sp³-hybridized carbons (Fsp3) is 0.464. The van der Waals surface area contributed by atoms with Crippen LogP contribution in [-0.2, 0) is 9.53 Å². The molecule has 0 aliphatic heterocycles. The molecule has 1 saturated carbocycles. The Labute approximate surface area is 229 Å². The molecule has 0 unspecified atom stereocenters. The molecule has 0 saturated heterocycles. The molecule has 1 amide bonds.